The highest BCUT2D eigenvalue weighted by Gasteiger charge is 2.28. The highest BCUT2D eigenvalue weighted by Crippen LogP contribution is 2.26. The third kappa shape index (κ3) is 3.01. The highest BCUT2D eigenvalue weighted by molar-refractivity contribution is 7.80. The summed E-state index contributed by atoms with van der Waals surface area (Å²) in [6.45, 7) is 9.17. The molecule has 0 radical (unpaired) electrons. The molecule has 0 aliphatic heterocycles. The largest absolute Gasteiger partial charge is 0.274 e. The summed E-state index contributed by atoms with van der Waals surface area (Å²) >= 11 is 5.40. The summed E-state index contributed by atoms with van der Waals surface area (Å²) in [7, 11) is 0. The minimum Gasteiger partial charge on any atom is -0.274 e. The normalized spacial score (nSPS) is 10.8. The van der Waals surface area contributed by atoms with Crippen LogP contribution in [0.15, 0.2) is 43.0 Å². The summed E-state index contributed by atoms with van der Waals surface area (Å²) in [5.41, 5.74) is 0.400. The van der Waals surface area contributed by atoms with E-state index in [1.807, 2.05) is 44.2 Å². The first kappa shape index (κ1) is 13.6. The van der Waals surface area contributed by atoms with E-state index in [2.05, 4.69) is 6.58 Å². The summed E-state index contributed by atoms with van der Waals surface area (Å²) in [4.78, 5) is 13.9. The average molecular weight is 247 g/mol. The molecule has 3 heteroatoms. The number of hydrogen-bond donors (Lipinski definition) is 0. The van der Waals surface area contributed by atoms with E-state index >= 15 is 0 Å². The first-order valence-corrected chi connectivity index (χ1v) is 5.84. The van der Waals surface area contributed by atoms with Crippen molar-refractivity contribution in [2.75, 3.05) is 4.90 Å². The third-order valence-electron chi connectivity index (χ3n) is 2.59. The van der Waals surface area contributed by atoms with Gasteiger partial charge >= 0.3 is 0 Å². The molecule has 1 aromatic carbocycles. The molecule has 0 spiro atoms. The maximum Gasteiger partial charge on any atom is 0.228 e. The first-order valence-electron chi connectivity index (χ1n) is 5.44. The lowest BCUT2D eigenvalue weighted by Gasteiger charge is -2.30. The second-order valence-electron chi connectivity index (χ2n) is 4.42. The van der Waals surface area contributed by atoms with Crippen LogP contribution in [0.2, 0.25) is 0 Å². The molecule has 0 saturated heterocycles. The standard InChI is InChI=1S/C14H17NOS/c1-5-14(3,4)13(17)15(11(2)16)12-9-7-6-8-10-12/h5-10H,1H2,2-4H3. The molecule has 0 N–H and O–H groups in total. The number of para-hydroxylation sites is 1. The van der Waals surface area contributed by atoms with Crippen LogP contribution in [-0.2, 0) is 4.79 Å². The second-order valence-corrected chi connectivity index (χ2v) is 4.81. The van der Waals surface area contributed by atoms with Crippen molar-refractivity contribution in [3.05, 3.63) is 43.0 Å². The van der Waals surface area contributed by atoms with E-state index < -0.39 is 5.41 Å². The Balaban J connectivity index is 3.17. The van der Waals surface area contributed by atoms with Gasteiger partial charge in [0, 0.05) is 18.0 Å². The first-order chi connectivity index (χ1) is 7.90. The van der Waals surface area contributed by atoms with Gasteiger partial charge in [-0.25, -0.2) is 0 Å². The van der Waals surface area contributed by atoms with E-state index in [0.29, 0.717) is 4.99 Å². The molecule has 0 aliphatic rings. The minimum atomic E-state index is -0.392. The van der Waals surface area contributed by atoms with Crippen molar-refractivity contribution in [3.63, 3.8) is 0 Å². The molecule has 1 aromatic rings. The van der Waals surface area contributed by atoms with Crippen LogP contribution in [0.4, 0.5) is 5.69 Å². The molecular formula is C14H17NOS. The van der Waals surface area contributed by atoms with Crippen molar-refractivity contribution in [3.8, 4) is 0 Å². The number of hydrogen-bond acceptors (Lipinski definition) is 2. The van der Waals surface area contributed by atoms with Gasteiger partial charge in [0.25, 0.3) is 0 Å². The predicted octanol–water partition coefficient (Wildman–Crippen LogP) is 3.58. The van der Waals surface area contributed by atoms with Crippen molar-refractivity contribution in [1.29, 1.82) is 0 Å². The Morgan fingerprint density at radius 3 is 2.29 bits per heavy atom. The monoisotopic (exact) mass is 247 g/mol. The zero-order valence-electron chi connectivity index (χ0n) is 10.4. The highest BCUT2D eigenvalue weighted by atomic mass is 32.1. The Hall–Kier alpha value is -1.48. The van der Waals surface area contributed by atoms with Crippen molar-refractivity contribution < 1.29 is 4.79 Å². The summed E-state index contributed by atoms with van der Waals surface area (Å²) < 4.78 is 0. The van der Waals surface area contributed by atoms with Crippen LogP contribution in [0.3, 0.4) is 0 Å². The van der Waals surface area contributed by atoms with E-state index in [0.717, 1.165) is 5.69 Å². The quantitative estimate of drug-likeness (QED) is 0.601. The van der Waals surface area contributed by atoms with Crippen molar-refractivity contribution in [1.82, 2.24) is 0 Å². The van der Waals surface area contributed by atoms with Crippen LogP contribution in [0.25, 0.3) is 0 Å². The summed E-state index contributed by atoms with van der Waals surface area (Å²) in [5.74, 6) is -0.0869. The van der Waals surface area contributed by atoms with E-state index in [9.17, 15) is 4.79 Å². The Morgan fingerprint density at radius 1 is 1.35 bits per heavy atom. The van der Waals surface area contributed by atoms with Crippen LogP contribution in [0.1, 0.15) is 20.8 Å². The van der Waals surface area contributed by atoms with Gasteiger partial charge in [-0.05, 0) is 26.0 Å². The van der Waals surface area contributed by atoms with Crippen LogP contribution in [-0.4, -0.2) is 10.9 Å². The van der Waals surface area contributed by atoms with Gasteiger partial charge in [0.1, 0.15) is 0 Å². The van der Waals surface area contributed by atoms with Crippen LogP contribution >= 0.6 is 12.2 Å². The van der Waals surface area contributed by atoms with E-state index in [1.165, 1.54) is 6.92 Å². The summed E-state index contributed by atoms with van der Waals surface area (Å²) in [6, 6.07) is 9.41. The Labute approximate surface area is 108 Å². The molecule has 17 heavy (non-hydrogen) atoms. The SMILES string of the molecule is C=CC(C)(C)C(=S)N(C(C)=O)c1ccccc1. The maximum absolute atomic E-state index is 11.8. The Morgan fingerprint density at radius 2 is 1.88 bits per heavy atom. The maximum atomic E-state index is 11.8. The third-order valence-corrected chi connectivity index (χ3v) is 3.30. The zero-order chi connectivity index (χ0) is 13.1. The van der Waals surface area contributed by atoms with Gasteiger partial charge in [0.15, 0.2) is 0 Å². The minimum absolute atomic E-state index is 0.0869. The molecule has 0 heterocycles. The molecule has 2 nitrogen and oxygen atoms in total. The van der Waals surface area contributed by atoms with Crippen molar-refractivity contribution in [2.45, 2.75) is 20.8 Å². The van der Waals surface area contributed by atoms with Gasteiger partial charge in [-0.1, -0.05) is 36.5 Å². The molecule has 0 unspecified atom stereocenters. The molecule has 0 atom stereocenters. The molecule has 90 valence electrons. The van der Waals surface area contributed by atoms with Crippen LogP contribution in [0.5, 0.6) is 0 Å². The lowest BCUT2D eigenvalue weighted by atomic mass is 9.92. The molecule has 0 bridgehead atoms. The Bertz CT molecular complexity index is 437. The summed E-state index contributed by atoms with van der Waals surface area (Å²) in [5, 5.41) is 0. The smallest absolute Gasteiger partial charge is 0.228 e. The molecular weight excluding hydrogens is 230 g/mol. The average Bonchev–Trinajstić information content (AvgIpc) is 2.30. The van der Waals surface area contributed by atoms with Gasteiger partial charge in [-0.15, -0.1) is 6.58 Å². The zero-order valence-corrected chi connectivity index (χ0v) is 11.3. The lowest BCUT2D eigenvalue weighted by Crippen LogP contribution is -2.41. The molecule has 1 rings (SSSR count). The lowest BCUT2D eigenvalue weighted by molar-refractivity contribution is -0.115. The Kier molecular flexibility index (Phi) is 4.18. The fraction of sp³-hybridized carbons (Fsp3) is 0.286. The second kappa shape index (κ2) is 5.23. The number of carbonyl (C=O) groups is 1. The molecule has 0 fully saturated rings. The van der Waals surface area contributed by atoms with Crippen LogP contribution < -0.4 is 4.90 Å². The van der Waals surface area contributed by atoms with E-state index in [1.54, 1.807) is 11.0 Å². The predicted molar refractivity (Wildman–Crippen MR) is 76.2 cm³/mol. The fourth-order valence-electron chi connectivity index (χ4n) is 1.39. The van der Waals surface area contributed by atoms with Gasteiger partial charge in [0.2, 0.25) is 5.91 Å². The van der Waals surface area contributed by atoms with Crippen molar-refractivity contribution >= 4 is 28.8 Å². The number of carbonyl (C=O) groups excluding carboxylic acids is 1. The van der Waals surface area contributed by atoms with E-state index in [-0.39, 0.29) is 5.91 Å². The summed E-state index contributed by atoms with van der Waals surface area (Å²) in [6.07, 6.45) is 1.76. The van der Waals surface area contributed by atoms with E-state index in [4.69, 9.17) is 12.2 Å². The molecule has 0 aromatic heterocycles. The molecule has 0 saturated carbocycles. The number of thiocarbonyl (C=S) groups is 1. The molecule has 1 amide bonds. The van der Waals surface area contributed by atoms with Gasteiger partial charge in [-0.3, -0.25) is 9.69 Å². The number of benzene rings is 1. The van der Waals surface area contributed by atoms with Gasteiger partial charge in [-0.2, -0.15) is 0 Å². The topological polar surface area (TPSA) is 20.3 Å². The number of rotatable bonds is 3. The fourth-order valence-corrected chi connectivity index (χ4v) is 1.71. The van der Waals surface area contributed by atoms with Crippen molar-refractivity contribution in [2.24, 2.45) is 5.41 Å². The number of amides is 1. The number of anilines is 1. The molecule has 0 aliphatic carbocycles. The van der Waals surface area contributed by atoms with Gasteiger partial charge in [0.05, 0.1) is 4.99 Å². The van der Waals surface area contributed by atoms with Crippen LogP contribution in [0, 0.1) is 5.41 Å². The number of nitrogens with zero attached hydrogens (tertiary/aromatic N) is 1. The van der Waals surface area contributed by atoms with Gasteiger partial charge < -0.3 is 0 Å².